The molecule has 0 bridgehead atoms. The van der Waals surface area contributed by atoms with Gasteiger partial charge in [-0.05, 0) is 30.7 Å². The molecule has 156 valence electrons. The lowest BCUT2D eigenvalue weighted by Gasteiger charge is -2.33. The Morgan fingerprint density at radius 3 is 2.66 bits per heavy atom. The molecule has 3 rings (SSSR count). The van der Waals surface area contributed by atoms with Crippen LogP contribution in [0.3, 0.4) is 0 Å². The summed E-state index contributed by atoms with van der Waals surface area (Å²) >= 11 is 1.64. The molecule has 0 saturated carbocycles. The summed E-state index contributed by atoms with van der Waals surface area (Å²) in [7, 11) is 1.37. The highest BCUT2D eigenvalue weighted by atomic mass is 32.1. The summed E-state index contributed by atoms with van der Waals surface area (Å²) < 4.78 is 34.3. The number of hydrogen-bond acceptors (Lipinski definition) is 6. The van der Waals surface area contributed by atoms with Crippen molar-refractivity contribution in [2.45, 2.75) is 20.1 Å². The summed E-state index contributed by atoms with van der Waals surface area (Å²) in [6, 6.07) is 4.54. The van der Waals surface area contributed by atoms with Crippen LogP contribution in [0.25, 0.3) is 6.08 Å². The molecule has 1 aromatic heterocycles. The van der Waals surface area contributed by atoms with Crippen LogP contribution in [0, 0.1) is 6.92 Å². The van der Waals surface area contributed by atoms with Crippen LogP contribution in [0.15, 0.2) is 29.7 Å². The van der Waals surface area contributed by atoms with E-state index in [0.29, 0.717) is 18.7 Å². The van der Waals surface area contributed by atoms with Crippen LogP contribution in [0.5, 0.6) is 11.5 Å². The minimum atomic E-state index is -2.93. The van der Waals surface area contributed by atoms with Crippen LogP contribution < -0.4 is 9.47 Å². The van der Waals surface area contributed by atoms with Gasteiger partial charge < -0.3 is 14.4 Å². The molecule has 29 heavy (non-hydrogen) atoms. The zero-order valence-electron chi connectivity index (χ0n) is 16.3. The van der Waals surface area contributed by atoms with E-state index in [1.807, 2.05) is 6.92 Å². The average molecular weight is 423 g/mol. The normalized spacial score (nSPS) is 15.3. The molecule has 1 saturated heterocycles. The molecule has 1 aromatic carbocycles. The first-order valence-corrected chi connectivity index (χ1v) is 10.1. The first-order chi connectivity index (χ1) is 13.9. The maximum absolute atomic E-state index is 12.5. The number of benzene rings is 1. The number of hydrogen-bond donors (Lipinski definition) is 0. The Morgan fingerprint density at radius 2 is 2.03 bits per heavy atom. The molecule has 1 aliphatic heterocycles. The summed E-state index contributed by atoms with van der Waals surface area (Å²) in [5.41, 5.74) is 1.73. The lowest BCUT2D eigenvalue weighted by Crippen LogP contribution is -2.47. The van der Waals surface area contributed by atoms with Crippen molar-refractivity contribution in [1.29, 1.82) is 0 Å². The third-order valence-corrected chi connectivity index (χ3v) is 5.38. The first-order valence-electron chi connectivity index (χ1n) is 9.18. The van der Waals surface area contributed by atoms with Crippen molar-refractivity contribution < 1.29 is 23.0 Å². The van der Waals surface area contributed by atoms with Gasteiger partial charge in [-0.15, -0.1) is 11.3 Å². The van der Waals surface area contributed by atoms with Crippen molar-refractivity contribution in [3.8, 4) is 11.5 Å². The van der Waals surface area contributed by atoms with E-state index in [9.17, 15) is 13.6 Å². The third-order valence-electron chi connectivity index (χ3n) is 4.56. The maximum atomic E-state index is 12.5. The van der Waals surface area contributed by atoms with Gasteiger partial charge in [0.15, 0.2) is 11.5 Å². The van der Waals surface area contributed by atoms with Gasteiger partial charge in [0, 0.05) is 44.2 Å². The number of amides is 1. The first kappa shape index (κ1) is 21.2. The number of alkyl halides is 2. The molecule has 2 heterocycles. The summed E-state index contributed by atoms with van der Waals surface area (Å²) in [5, 5.41) is 3.13. The number of nitrogens with zero attached hydrogens (tertiary/aromatic N) is 3. The molecule has 9 heteroatoms. The van der Waals surface area contributed by atoms with Gasteiger partial charge in [-0.3, -0.25) is 9.69 Å². The minimum Gasteiger partial charge on any atom is -0.493 e. The van der Waals surface area contributed by atoms with Crippen LogP contribution in [0.2, 0.25) is 0 Å². The number of carbonyl (C=O) groups excluding carboxylic acids is 1. The van der Waals surface area contributed by atoms with Gasteiger partial charge >= 0.3 is 6.61 Å². The van der Waals surface area contributed by atoms with E-state index in [4.69, 9.17) is 4.74 Å². The van der Waals surface area contributed by atoms with Gasteiger partial charge in [-0.2, -0.15) is 8.78 Å². The summed E-state index contributed by atoms with van der Waals surface area (Å²) in [4.78, 5) is 21.0. The lowest BCUT2D eigenvalue weighted by molar-refractivity contribution is -0.127. The van der Waals surface area contributed by atoms with Gasteiger partial charge in [0.05, 0.1) is 17.8 Å². The second kappa shape index (κ2) is 9.80. The van der Waals surface area contributed by atoms with Crippen LogP contribution >= 0.6 is 11.3 Å². The average Bonchev–Trinajstić information content (AvgIpc) is 3.11. The number of thiazole rings is 1. The molecule has 0 aliphatic carbocycles. The Morgan fingerprint density at radius 1 is 1.28 bits per heavy atom. The Balaban J connectivity index is 1.53. The highest BCUT2D eigenvalue weighted by Crippen LogP contribution is 2.29. The quantitative estimate of drug-likeness (QED) is 0.639. The van der Waals surface area contributed by atoms with Crippen LogP contribution in [0.4, 0.5) is 8.78 Å². The third kappa shape index (κ3) is 5.98. The van der Waals surface area contributed by atoms with E-state index in [2.05, 4.69) is 20.0 Å². The smallest absolute Gasteiger partial charge is 0.387 e. The molecular formula is C20H23F2N3O3S. The van der Waals surface area contributed by atoms with Gasteiger partial charge in [-0.25, -0.2) is 4.98 Å². The lowest BCUT2D eigenvalue weighted by atomic mass is 10.2. The van der Waals surface area contributed by atoms with Crippen molar-refractivity contribution in [2.24, 2.45) is 0 Å². The van der Waals surface area contributed by atoms with E-state index in [0.717, 1.165) is 30.3 Å². The topological polar surface area (TPSA) is 54.9 Å². The van der Waals surface area contributed by atoms with E-state index >= 15 is 0 Å². The van der Waals surface area contributed by atoms with Crippen LogP contribution in [0.1, 0.15) is 16.3 Å². The molecule has 0 radical (unpaired) electrons. The minimum absolute atomic E-state index is 0.0441. The summed E-state index contributed by atoms with van der Waals surface area (Å²) in [6.45, 7) is 2.76. The van der Waals surface area contributed by atoms with Gasteiger partial charge in [0.2, 0.25) is 5.91 Å². The Hall–Kier alpha value is -2.52. The standard InChI is InChI=1S/C20H23F2N3O3S/c1-14-23-16(13-29-14)12-24-7-9-25(10-8-24)19(26)6-4-15-3-5-17(28-20(21)22)18(11-15)27-2/h3-6,11,13,20H,7-10,12H2,1-2H3/b6-4+. The molecule has 6 nitrogen and oxygen atoms in total. The number of rotatable bonds is 7. The maximum Gasteiger partial charge on any atom is 0.387 e. The van der Waals surface area contributed by atoms with E-state index in [1.54, 1.807) is 34.4 Å². The number of ether oxygens (including phenoxy) is 2. The monoisotopic (exact) mass is 423 g/mol. The highest BCUT2D eigenvalue weighted by Gasteiger charge is 2.20. The molecule has 0 atom stereocenters. The molecule has 0 N–H and O–H groups in total. The molecule has 1 fully saturated rings. The number of methoxy groups -OCH3 is 1. The number of piperazine rings is 1. The van der Waals surface area contributed by atoms with Gasteiger partial charge in [-0.1, -0.05) is 6.07 Å². The van der Waals surface area contributed by atoms with Crippen molar-refractivity contribution >= 4 is 23.3 Å². The Bertz CT molecular complexity index is 864. The number of aromatic nitrogens is 1. The molecular weight excluding hydrogens is 400 g/mol. The van der Waals surface area contributed by atoms with Crippen LogP contribution in [-0.2, 0) is 11.3 Å². The van der Waals surface area contributed by atoms with E-state index in [1.165, 1.54) is 19.3 Å². The number of carbonyl (C=O) groups is 1. The number of halogens is 2. The fourth-order valence-electron chi connectivity index (χ4n) is 3.09. The summed E-state index contributed by atoms with van der Waals surface area (Å²) in [6.07, 6.45) is 3.13. The molecule has 0 unspecified atom stereocenters. The molecule has 1 aliphatic rings. The zero-order chi connectivity index (χ0) is 20.8. The molecule has 2 aromatic rings. The van der Waals surface area contributed by atoms with Crippen molar-refractivity contribution in [3.63, 3.8) is 0 Å². The fourth-order valence-corrected chi connectivity index (χ4v) is 3.69. The fraction of sp³-hybridized carbons (Fsp3) is 0.400. The van der Waals surface area contributed by atoms with E-state index in [-0.39, 0.29) is 17.4 Å². The van der Waals surface area contributed by atoms with Crippen molar-refractivity contribution in [1.82, 2.24) is 14.8 Å². The summed E-state index contributed by atoms with van der Waals surface area (Å²) in [5.74, 6) is 0.0595. The SMILES string of the molecule is COc1cc(/C=C/C(=O)N2CCN(Cc3csc(C)n3)CC2)ccc1OC(F)F. The van der Waals surface area contributed by atoms with Gasteiger partial charge in [0.25, 0.3) is 0 Å². The second-order valence-electron chi connectivity index (χ2n) is 6.58. The largest absolute Gasteiger partial charge is 0.493 e. The predicted molar refractivity (Wildman–Crippen MR) is 107 cm³/mol. The molecule has 1 amide bonds. The molecule has 0 spiro atoms. The van der Waals surface area contributed by atoms with Crippen LogP contribution in [-0.4, -0.2) is 60.6 Å². The number of aryl methyl sites for hydroxylation is 1. The predicted octanol–water partition coefficient (Wildman–Crippen LogP) is 3.42. The Kier molecular flexibility index (Phi) is 7.16. The van der Waals surface area contributed by atoms with Gasteiger partial charge in [0.1, 0.15) is 0 Å². The zero-order valence-corrected chi connectivity index (χ0v) is 17.1. The second-order valence-corrected chi connectivity index (χ2v) is 7.64. The van der Waals surface area contributed by atoms with E-state index < -0.39 is 6.61 Å². The Labute approximate surface area is 172 Å². The van der Waals surface area contributed by atoms with Crippen molar-refractivity contribution in [2.75, 3.05) is 33.3 Å². The highest BCUT2D eigenvalue weighted by molar-refractivity contribution is 7.09. The van der Waals surface area contributed by atoms with Crippen molar-refractivity contribution in [3.05, 3.63) is 45.9 Å².